The van der Waals surface area contributed by atoms with Crippen molar-refractivity contribution in [2.45, 2.75) is 32.2 Å². The maximum Gasteiger partial charge on any atom is 0.0774 e. The number of unbranched alkanes of at least 4 members (excludes halogenated alkanes) is 3. The molecule has 0 bridgehead atoms. The number of nitrogens with two attached hydrogens (primary N) is 1. The van der Waals surface area contributed by atoms with Crippen LogP contribution in [0.25, 0.3) is 13.2 Å². The third-order valence-corrected chi connectivity index (χ3v) is 2.80. The molecule has 18 heavy (non-hydrogen) atoms. The molecule has 0 atom stereocenters. The van der Waals surface area contributed by atoms with Gasteiger partial charge in [-0.1, -0.05) is 26.2 Å². The summed E-state index contributed by atoms with van der Waals surface area (Å²) < 4.78 is 2.16. The van der Waals surface area contributed by atoms with Crippen LogP contribution in [-0.2, 0) is 6.54 Å². The fraction of sp³-hybridized carbons (Fsp3) is 0.400. The van der Waals surface area contributed by atoms with E-state index in [2.05, 4.69) is 29.3 Å². The monoisotopic (exact) mass is 245 g/mol. The molecule has 2 N–H and O–H groups in total. The Bertz CT molecular complexity index is 469. The van der Waals surface area contributed by atoms with Gasteiger partial charge in [0.1, 0.15) is 0 Å². The van der Waals surface area contributed by atoms with Crippen molar-refractivity contribution in [3.05, 3.63) is 35.1 Å². The SMILES string of the molecule is C=C(N)CN=CCCCCCn1c(=C)ccc1=C. The molecule has 1 aromatic rings. The van der Waals surface area contributed by atoms with Crippen LogP contribution in [0, 0.1) is 0 Å². The molecule has 0 aliphatic rings. The quantitative estimate of drug-likeness (QED) is 0.546. The number of nitrogens with zero attached hydrogens (tertiary/aromatic N) is 2. The molecule has 1 rings (SSSR count). The minimum absolute atomic E-state index is 0.541. The van der Waals surface area contributed by atoms with E-state index in [-0.39, 0.29) is 0 Å². The standard InChI is InChI=1S/C15H23N3/c1-13(16)12-17-10-6-4-5-7-11-18-14(2)8-9-15(18)3/h8-10H,1-7,11-12,16H2. The molecule has 0 fully saturated rings. The molecule has 3 heteroatoms. The zero-order valence-electron chi connectivity index (χ0n) is 11.1. The smallest absolute Gasteiger partial charge is 0.0774 e. The Kier molecular flexibility index (Phi) is 5.98. The second kappa shape index (κ2) is 7.54. The average Bonchev–Trinajstić information content (AvgIpc) is 2.63. The molecule has 0 aliphatic heterocycles. The molecule has 0 saturated carbocycles. The molecular weight excluding hydrogens is 222 g/mol. The molecule has 0 spiro atoms. The molecule has 0 saturated heterocycles. The predicted molar refractivity (Wildman–Crippen MR) is 79.9 cm³/mol. The molecule has 1 aromatic heterocycles. The highest BCUT2D eigenvalue weighted by atomic mass is 14.9. The van der Waals surface area contributed by atoms with Gasteiger partial charge in [0.2, 0.25) is 0 Å². The van der Waals surface area contributed by atoms with Crippen LogP contribution in [0.3, 0.4) is 0 Å². The third kappa shape index (κ3) is 5.04. The molecule has 3 nitrogen and oxygen atoms in total. The summed E-state index contributed by atoms with van der Waals surface area (Å²) in [6.45, 7) is 13.1. The van der Waals surface area contributed by atoms with Crippen molar-refractivity contribution >= 4 is 19.4 Å². The number of aromatic nitrogens is 1. The molecule has 98 valence electrons. The number of rotatable bonds is 8. The highest BCUT2D eigenvalue weighted by molar-refractivity contribution is 5.57. The van der Waals surface area contributed by atoms with E-state index in [4.69, 9.17) is 5.73 Å². The van der Waals surface area contributed by atoms with Gasteiger partial charge in [0.25, 0.3) is 0 Å². The van der Waals surface area contributed by atoms with Gasteiger partial charge in [-0.3, -0.25) is 4.99 Å². The normalized spacial score (nSPS) is 11.1. The highest BCUT2D eigenvalue weighted by Crippen LogP contribution is 1.99. The summed E-state index contributed by atoms with van der Waals surface area (Å²) in [7, 11) is 0. The van der Waals surface area contributed by atoms with Crippen molar-refractivity contribution in [3.63, 3.8) is 0 Å². The minimum Gasteiger partial charge on any atom is -0.401 e. The lowest BCUT2D eigenvalue weighted by molar-refractivity contribution is 0.580. The van der Waals surface area contributed by atoms with E-state index in [0.29, 0.717) is 12.2 Å². The first kappa shape index (κ1) is 14.3. The highest BCUT2D eigenvalue weighted by Gasteiger charge is 1.94. The number of hydrogen-bond donors (Lipinski definition) is 1. The van der Waals surface area contributed by atoms with E-state index in [9.17, 15) is 0 Å². The average molecular weight is 245 g/mol. The Hall–Kier alpha value is -1.77. The molecule has 0 unspecified atom stereocenters. The summed E-state index contributed by atoms with van der Waals surface area (Å²) in [4.78, 5) is 4.17. The molecule has 0 amide bonds. The zero-order chi connectivity index (χ0) is 13.4. The van der Waals surface area contributed by atoms with Crippen molar-refractivity contribution < 1.29 is 0 Å². The van der Waals surface area contributed by atoms with Crippen LogP contribution in [0.15, 0.2) is 29.4 Å². The van der Waals surface area contributed by atoms with Gasteiger partial charge in [0.05, 0.1) is 6.54 Å². The molecular formula is C15H23N3. The van der Waals surface area contributed by atoms with E-state index < -0.39 is 0 Å². The Labute approximate surface area is 109 Å². The third-order valence-electron chi connectivity index (χ3n) is 2.80. The first-order valence-electron chi connectivity index (χ1n) is 6.36. The maximum atomic E-state index is 5.41. The minimum atomic E-state index is 0.541. The first-order chi connectivity index (χ1) is 8.61. The second-order valence-electron chi connectivity index (χ2n) is 4.50. The summed E-state index contributed by atoms with van der Waals surface area (Å²) >= 11 is 0. The Morgan fingerprint density at radius 1 is 1.22 bits per heavy atom. The van der Waals surface area contributed by atoms with Crippen LogP contribution < -0.4 is 16.4 Å². The summed E-state index contributed by atoms with van der Waals surface area (Å²) in [5.41, 5.74) is 6.03. The maximum absolute atomic E-state index is 5.41. The lowest BCUT2D eigenvalue weighted by Gasteiger charge is -2.03. The van der Waals surface area contributed by atoms with Crippen LogP contribution >= 0.6 is 0 Å². The van der Waals surface area contributed by atoms with Gasteiger partial charge in [0, 0.05) is 22.9 Å². The fourth-order valence-corrected chi connectivity index (χ4v) is 1.80. The topological polar surface area (TPSA) is 43.3 Å². The largest absolute Gasteiger partial charge is 0.401 e. The van der Waals surface area contributed by atoms with Crippen LogP contribution in [-0.4, -0.2) is 17.3 Å². The van der Waals surface area contributed by atoms with Crippen molar-refractivity contribution in [2.24, 2.45) is 10.7 Å². The van der Waals surface area contributed by atoms with Crippen LogP contribution in [0.4, 0.5) is 0 Å². The van der Waals surface area contributed by atoms with Crippen molar-refractivity contribution in [3.8, 4) is 0 Å². The number of aliphatic imine (C=N–C) groups is 1. The zero-order valence-corrected chi connectivity index (χ0v) is 11.1. The second-order valence-corrected chi connectivity index (χ2v) is 4.50. The van der Waals surface area contributed by atoms with Crippen molar-refractivity contribution in [1.29, 1.82) is 0 Å². The Morgan fingerprint density at radius 2 is 1.89 bits per heavy atom. The van der Waals surface area contributed by atoms with Crippen molar-refractivity contribution in [2.75, 3.05) is 6.54 Å². The molecule has 0 aliphatic carbocycles. The Balaban J connectivity index is 2.13. The van der Waals surface area contributed by atoms with E-state index in [1.54, 1.807) is 0 Å². The summed E-state index contributed by atoms with van der Waals surface area (Å²) in [5, 5.41) is 2.09. The van der Waals surface area contributed by atoms with E-state index in [1.807, 2.05) is 18.3 Å². The summed E-state index contributed by atoms with van der Waals surface area (Å²) in [6, 6.07) is 4.02. The molecule has 0 aromatic carbocycles. The molecule has 0 radical (unpaired) electrons. The van der Waals surface area contributed by atoms with Crippen molar-refractivity contribution in [1.82, 2.24) is 4.57 Å². The predicted octanol–water partition coefficient (Wildman–Crippen LogP) is 1.41. The van der Waals surface area contributed by atoms with Gasteiger partial charge >= 0.3 is 0 Å². The number of hydrogen-bond acceptors (Lipinski definition) is 2. The first-order valence-corrected chi connectivity index (χ1v) is 6.36. The van der Waals surface area contributed by atoms with Crippen LogP contribution in [0.1, 0.15) is 25.7 Å². The summed E-state index contributed by atoms with van der Waals surface area (Å²) in [5.74, 6) is 0. The van der Waals surface area contributed by atoms with Gasteiger partial charge in [-0.05, 0) is 37.6 Å². The summed E-state index contributed by atoms with van der Waals surface area (Å²) in [6.07, 6.45) is 6.44. The lowest BCUT2D eigenvalue weighted by Crippen LogP contribution is -2.24. The lowest BCUT2D eigenvalue weighted by atomic mass is 10.2. The van der Waals surface area contributed by atoms with Gasteiger partial charge < -0.3 is 10.3 Å². The molecule has 1 heterocycles. The van der Waals surface area contributed by atoms with Gasteiger partial charge in [-0.2, -0.15) is 0 Å². The fourth-order valence-electron chi connectivity index (χ4n) is 1.80. The van der Waals surface area contributed by atoms with Crippen LogP contribution in [0.5, 0.6) is 0 Å². The van der Waals surface area contributed by atoms with Gasteiger partial charge in [-0.15, -0.1) is 0 Å². The Morgan fingerprint density at radius 3 is 2.50 bits per heavy atom. The van der Waals surface area contributed by atoms with E-state index in [1.165, 1.54) is 6.42 Å². The van der Waals surface area contributed by atoms with Crippen LogP contribution in [0.2, 0.25) is 0 Å². The van der Waals surface area contributed by atoms with Gasteiger partial charge in [-0.25, -0.2) is 0 Å². The van der Waals surface area contributed by atoms with Gasteiger partial charge in [0.15, 0.2) is 0 Å². The van der Waals surface area contributed by atoms with E-state index >= 15 is 0 Å². The van der Waals surface area contributed by atoms with E-state index in [0.717, 1.165) is 36.5 Å².